The quantitative estimate of drug-likeness (QED) is 0.779. The molecule has 0 aliphatic rings. The van der Waals surface area contributed by atoms with Crippen LogP contribution in [-0.4, -0.2) is 14.8 Å². The summed E-state index contributed by atoms with van der Waals surface area (Å²) in [6.07, 6.45) is 6.94. The molecule has 0 fully saturated rings. The highest BCUT2D eigenvalue weighted by atomic mass is 35.5. The molecule has 4 heteroatoms. The van der Waals surface area contributed by atoms with E-state index < -0.39 is 0 Å². The van der Waals surface area contributed by atoms with Crippen molar-refractivity contribution < 1.29 is 0 Å². The zero-order chi connectivity index (χ0) is 12.4. The van der Waals surface area contributed by atoms with Crippen molar-refractivity contribution in [1.82, 2.24) is 14.8 Å². The molecule has 90 valence electrons. The van der Waals surface area contributed by atoms with Crippen molar-refractivity contribution in [2.75, 3.05) is 0 Å². The highest BCUT2D eigenvalue weighted by molar-refractivity contribution is 6.33. The first kappa shape index (κ1) is 12.1. The van der Waals surface area contributed by atoms with Crippen molar-refractivity contribution in [3.63, 3.8) is 0 Å². The molecule has 0 bridgehead atoms. The topological polar surface area (TPSA) is 30.7 Å². The van der Waals surface area contributed by atoms with Crippen molar-refractivity contribution in [2.45, 2.75) is 33.7 Å². The fraction of sp³-hybridized carbons (Fsp3) is 0.385. The molecular formula is C13H16ClN3. The van der Waals surface area contributed by atoms with E-state index in [4.69, 9.17) is 11.6 Å². The largest absolute Gasteiger partial charge is 0.338 e. The third kappa shape index (κ3) is 1.95. The minimum absolute atomic E-state index is 0.481. The molecule has 2 aromatic rings. The van der Waals surface area contributed by atoms with Gasteiger partial charge in [-0.2, -0.15) is 5.10 Å². The summed E-state index contributed by atoms with van der Waals surface area (Å²) in [4.78, 5) is 0. The first-order valence-electron chi connectivity index (χ1n) is 5.80. The van der Waals surface area contributed by atoms with Crippen molar-refractivity contribution in [2.24, 2.45) is 0 Å². The van der Waals surface area contributed by atoms with Crippen LogP contribution in [0, 0.1) is 6.92 Å². The Morgan fingerprint density at radius 1 is 1.47 bits per heavy atom. The van der Waals surface area contributed by atoms with E-state index in [9.17, 15) is 0 Å². The van der Waals surface area contributed by atoms with Crippen molar-refractivity contribution in [3.05, 3.63) is 34.8 Å². The second kappa shape index (κ2) is 4.88. The molecule has 0 unspecified atom stereocenters. The lowest BCUT2D eigenvalue weighted by Gasteiger charge is -2.05. The minimum Gasteiger partial charge on any atom is -0.338 e. The third-order valence-electron chi connectivity index (χ3n) is 3.10. The van der Waals surface area contributed by atoms with Gasteiger partial charge in [0.25, 0.3) is 0 Å². The first-order valence-corrected chi connectivity index (χ1v) is 6.18. The predicted molar refractivity (Wildman–Crippen MR) is 71.5 cm³/mol. The van der Waals surface area contributed by atoms with Gasteiger partial charge in [-0.25, -0.2) is 0 Å². The average Bonchev–Trinajstić information content (AvgIpc) is 2.60. The van der Waals surface area contributed by atoms with E-state index in [0.29, 0.717) is 5.15 Å². The van der Waals surface area contributed by atoms with Gasteiger partial charge in [0.05, 0.1) is 11.7 Å². The second-order valence-electron chi connectivity index (χ2n) is 3.99. The number of aromatic nitrogens is 3. The van der Waals surface area contributed by atoms with Gasteiger partial charge in [-0.1, -0.05) is 30.7 Å². The molecule has 0 saturated carbocycles. The van der Waals surface area contributed by atoms with Gasteiger partial charge in [0, 0.05) is 17.6 Å². The lowest BCUT2D eigenvalue weighted by molar-refractivity contribution is 0.813. The number of allylic oxidation sites excluding steroid dienone is 2. The Hall–Kier alpha value is -1.35. The van der Waals surface area contributed by atoms with Crippen LogP contribution < -0.4 is 0 Å². The van der Waals surface area contributed by atoms with Gasteiger partial charge in [-0.05, 0) is 25.8 Å². The second-order valence-corrected chi connectivity index (χ2v) is 4.35. The van der Waals surface area contributed by atoms with E-state index in [1.807, 2.05) is 13.0 Å². The molecule has 0 saturated heterocycles. The van der Waals surface area contributed by atoms with E-state index in [0.717, 1.165) is 23.9 Å². The van der Waals surface area contributed by atoms with Crippen LogP contribution in [0.2, 0.25) is 5.15 Å². The van der Waals surface area contributed by atoms with E-state index in [1.54, 1.807) is 6.20 Å². The van der Waals surface area contributed by atoms with Crippen LogP contribution in [0.15, 0.2) is 18.3 Å². The molecule has 0 amide bonds. The van der Waals surface area contributed by atoms with Crippen LogP contribution in [-0.2, 0) is 13.0 Å². The Morgan fingerprint density at radius 2 is 2.24 bits per heavy atom. The molecule has 0 N–H and O–H groups in total. The van der Waals surface area contributed by atoms with Crippen molar-refractivity contribution in [1.29, 1.82) is 0 Å². The normalized spacial score (nSPS) is 11.8. The van der Waals surface area contributed by atoms with Gasteiger partial charge in [0.15, 0.2) is 5.15 Å². The summed E-state index contributed by atoms with van der Waals surface area (Å²) >= 11 is 6.16. The molecule has 0 spiro atoms. The Bertz CT molecular complexity index is 570. The molecule has 2 aromatic heterocycles. The summed E-state index contributed by atoms with van der Waals surface area (Å²) in [6, 6.07) is 0. The summed E-state index contributed by atoms with van der Waals surface area (Å²) in [5.74, 6) is 0. The number of rotatable bonds is 3. The Kier molecular flexibility index (Phi) is 3.48. The van der Waals surface area contributed by atoms with Crippen LogP contribution in [0.3, 0.4) is 0 Å². The fourth-order valence-corrected chi connectivity index (χ4v) is 2.49. The van der Waals surface area contributed by atoms with Gasteiger partial charge in [-0.3, -0.25) is 0 Å². The molecule has 0 aliphatic carbocycles. The summed E-state index contributed by atoms with van der Waals surface area (Å²) in [6.45, 7) is 7.11. The molecule has 0 radical (unpaired) electrons. The van der Waals surface area contributed by atoms with Gasteiger partial charge in [-0.15, -0.1) is 5.10 Å². The third-order valence-corrected chi connectivity index (χ3v) is 3.35. The molecule has 17 heavy (non-hydrogen) atoms. The van der Waals surface area contributed by atoms with Gasteiger partial charge < -0.3 is 4.57 Å². The average molecular weight is 250 g/mol. The molecule has 2 heterocycles. The summed E-state index contributed by atoms with van der Waals surface area (Å²) in [5.41, 5.74) is 3.55. The number of hydrogen-bond donors (Lipinski definition) is 0. The Labute approximate surface area is 106 Å². The molecule has 0 aromatic carbocycles. The summed E-state index contributed by atoms with van der Waals surface area (Å²) in [7, 11) is 0. The number of hydrogen-bond acceptors (Lipinski definition) is 2. The van der Waals surface area contributed by atoms with E-state index >= 15 is 0 Å². The van der Waals surface area contributed by atoms with E-state index in [1.165, 1.54) is 11.3 Å². The van der Waals surface area contributed by atoms with Crippen molar-refractivity contribution in [3.8, 4) is 0 Å². The van der Waals surface area contributed by atoms with Crippen LogP contribution in [0.25, 0.3) is 10.9 Å². The maximum absolute atomic E-state index is 6.16. The Morgan fingerprint density at radius 3 is 2.88 bits per heavy atom. The maximum Gasteiger partial charge on any atom is 0.175 e. The zero-order valence-electron chi connectivity index (χ0n) is 10.4. The molecule has 0 aliphatic heterocycles. The van der Waals surface area contributed by atoms with Crippen LogP contribution in [0.5, 0.6) is 0 Å². The smallest absolute Gasteiger partial charge is 0.175 e. The molecule has 3 nitrogen and oxygen atoms in total. The van der Waals surface area contributed by atoms with Gasteiger partial charge in [0.1, 0.15) is 0 Å². The van der Waals surface area contributed by atoms with Crippen LogP contribution in [0.4, 0.5) is 0 Å². The highest BCUT2D eigenvalue weighted by Crippen LogP contribution is 2.29. The highest BCUT2D eigenvalue weighted by Gasteiger charge is 2.15. The molecular weight excluding hydrogens is 234 g/mol. The number of halogens is 1. The summed E-state index contributed by atoms with van der Waals surface area (Å²) < 4.78 is 2.20. The maximum atomic E-state index is 6.16. The van der Waals surface area contributed by atoms with Gasteiger partial charge in [0.2, 0.25) is 0 Å². The van der Waals surface area contributed by atoms with Crippen molar-refractivity contribution >= 4 is 22.5 Å². The lowest BCUT2D eigenvalue weighted by atomic mass is 10.1. The SMILES string of the molecule is C/C=C/Cn1c(C)c(CC)c2cnnc(Cl)c21. The monoisotopic (exact) mass is 249 g/mol. The number of aryl methyl sites for hydroxylation is 1. The number of nitrogens with zero attached hydrogens (tertiary/aromatic N) is 3. The van der Waals surface area contributed by atoms with E-state index in [-0.39, 0.29) is 0 Å². The summed E-state index contributed by atoms with van der Waals surface area (Å²) in [5, 5.41) is 9.48. The minimum atomic E-state index is 0.481. The lowest BCUT2D eigenvalue weighted by Crippen LogP contribution is -1.99. The Balaban J connectivity index is 2.76. The zero-order valence-corrected chi connectivity index (χ0v) is 11.1. The fourth-order valence-electron chi connectivity index (χ4n) is 2.25. The number of fused-ring (bicyclic) bond motifs is 1. The molecule has 0 atom stereocenters. The standard InChI is InChI=1S/C13H16ClN3/c1-4-6-7-17-9(3)10(5-2)11-8-15-16-13(14)12(11)17/h4,6,8H,5,7H2,1-3H3/b6-4+. The molecule has 2 rings (SSSR count). The van der Waals surface area contributed by atoms with E-state index in [2.05, 4.69) is 34.7 Å². The van der Waals surface area contributed by atoms with Gasteiger partial charge >= 0.3 is 0 Å². The van der Waals surface area contributed by atoms with Crippen LogP contribution in [0.1, 0.15) is 25.1 Å². The first-order chi connectivity index (χ1) is 8.20. The van der Waals surface area contributed by atoms with Crippen LogP contribution >= 0.6 is 11.6 Å². The predicted octanol–water partition coefficient (Wildman–Crippen LogP) is 3.53.